The van der Waals surface area contributed by atoms with Crippen LogP contribution in [0.25, 0.3) is 11.0 Å². The summed E-state index contributed by atoms with van der Waals surface area (Å²) in [7, 11) is 0. The van der Waals surface area contributed by atoms with Crippen molar-refractivity contribution in [3.63, 3.8) is 0 Å². The van der Waals surface area contributed by atoms with E-state index in [0.29, 0.717) is 29.6 Å². The number of piperidine rings is 1. The van der Waals surface area contributed by atoms with Crippen molar-refractivity contribution < 1.29 is 14.3 Å². The van der Waals surface area contributed by atoms with Gasteiger partial charge in [-0.05, 0) is 69.5 Å². The molecule has 1 unspecified atom stereocenters. The number of rotatable bonds is 2. The third-order valence-electron chi connectivity index (χ3n) is 5.61. The number of fused-ring (bicyclic) bond motifs is 3. The molecule has 1 saturated heterocycles. The van der Waals surface area contributed by atoms with Crippen LogP contribution in [0.5, 0.6) is 5.75 Å². The predicted molar refractivity (Wildman–Crippen MR) is 99.7 cm³/mol. The van der Waals surface area contributed by atoms with Gasteiger partial charge in [-0.15, -0.1) is 0 Å². The Kier molecular flexibility index (Phi) is 4.44. The number of nitrogens with zero attached hydrogens (tertiary/aromatic N) is 2. The molecule has 6 nitrogen and oxygen atoms in total. The van der Waals surface area contributed by atoms with Crippen molar-refractivity contribution in [1.82, 2.24) is 4.90 Å². The van der Waals surface area contributed by atoms with Gasteiger partial charge in [0.05, 0.1) is 6.04 Å². The summed E-state index contributed by atoms with van der Waals surface area (Å²) in [5.41, 5.74) is 1.13. The third kappa shape index (κ3) is 2.88. The lowest BCUT2D eigenvalue weighted by atomic mass is 9.98. The molecule has 1 fully saturated rings. The molecule has 2 aliphatic rings. The van der Waals surface area contributed by atoms with Crippen LogP contribution < -0.4 is 10.5 Å². The van der Waals surface area contributed by atoms with Gasteiger partial charge in [0, 0.05) is 11.9 Å². The molecule has 2 aliphatic heterocycles. The number of amides is 1. The minimum Gasteiger partial charge on any atom is -0.508 e. The first-order chi connectivity index (χ1) is 12.6. The maximum absolute atomic E-state index is 13.2. The Hall–Kier alpha value is -2.34. The second-order valence-corrected chi connectivity index (χ2v) is 7.26. The number of anilines is 1. The average molecular weight is 356 g/mol. The summed E-state index contributed by atoms with van der Waals surface area (Å²) < 4.78 is 5.45. The van der Waals surface area contributed by atoms with Gasteiger partial charge in [-0.25, -0.2) is 4.79 Å². The Bertz CT molecular complexity index is 899. The minimum absolute atomic E-state index is 0.0420. The Morgan fingerprint density at radius 1 is 1.15 bits per heavy atom. The van der Waals surface area contributed by atoms with Crippen molar-refractivity contribution in [1.29, 1.82) is 0 Å². The molecular weight excluding hydrogens is 332 g/mol. The van der Waals surface area contributed by atoms with Gasteiger partial charge < -0.3 is 14.4 Å². The number of carbonyl (C=O) groups excluding carboxylic acids is 1. The van der Waals surface area contributed by atoms with Crippen molar-refractivity contribution in [3.05, 3.63) is 34.2 Å². The summed E-state index contributed by atoms with van der Waals surface area (Å²) in [5, 5.41) is 10.5. The van der Waals surface area contributed by atoms with Crippen molar-refractivity contribution in [2.45, 2.75) is 45.1 Å². The Labute approximate surface area is 152 Å². The first-order valence-corrected chi connectivity index (χ1v) is 9.40. The topological polar surface area (TPSA) is 74.0 Å². The molecule has 0 spiro atoms. The Morgan fingerprint density at radius 2 is 1.92 bits per heavy atom. The van der Waals surface area contributed by atoms with Gasteiger partial charge in [0.1, 0.15) is 17.0 Å². The molecule has 1 amide bonds. The number of aromatic hydroxyl groups is 1. The highest BCUT2D eigenvalue weighted by Crippen LogP contribution is 2.33. The molecular formula is C20H24N2O4. The molecule has 1 atom stereocenters. The fourth-order valence-corrected chi connectivity index (χ4v) is 4.20. The molecule has 26 heavy (non-hydrogen) atoms. The number of hydrogen-bond donors (Lipinski definition) is 1. The second-order valence-electron chi connectivity index (χ2n) is 7.26. The summed E-state index contributed by atoms with van der Waals surface area (Å²) in [6.07, 6.45) is 4.92. The van der Waals surface area contributed by atoms with Crippen LogP contribution in [-0.4, -0.2) is 41.6 Å². The summed E-state index contributed by atoms with van der Waals surface area (Å²) in [6.45, 7) is 4.30. The van der Waals surface area contributed by atoms with Crippen molar-refractivity contribution in [2.24, 2.45) is 0 Å². The smallest absolute Gasteiger partial charge is 0.360 e. The van der Waals surface area contributed by atoms with E-state index < -0.39 is 5.63 Å². The lowest BCUT2D eigenvalue weighted by molar-refractivity contribution is -0.123. The van der Waals surface area contributed by atoms with E-state index in [9.17, 15) is 14.7 Å². The van der Waals surface area contributed by atoms with E-state index in [1.165, 1.54) is 12.5 Å². The van der Waals surface area contributed by atoms with E-state index in [0.717, 1.165) is 37.9 Å². The fraction of sp³-hybridized carbons (Fsp3) is 0.500. The van der Waals surface area contributed by atoms with Crippen LogP contribution in [0.3, 0.4) is 0 Å². The van der Waals surface area contributed by atoms with E-state index >= 15 is 0 Å². The molecule has 2 aromatic rings. The van der Waals surface area contributed by atoms with Gasteiger partial charge in [-0.2, -0.15) is 0 Å². The van der Waals surface area contributed by atoms with Crippen molar-refractivity contribution >= 4 is 22.6 Å². The normalized spacial score (nSPS) is 19.3. The predicted octanol–water partition coefficient (Wildman–Crippen LogP) is 2.65. The van der Waals surface area contributed by atoms with Gasteiger partial charge in [0.2, 0.25) is 5.91 Å². The highest BCUT2D eigenvalue weighted by Gasteiger charge is 2.33. The highest BCUT2D eigenvalue weighted by molar-refractivity contribution is 6.00. The monoisotopic (exact) mass is 356 g/mol. The number of carbonyl (C=O) groups is 1. The zero-order valence-corrected chi connectivity index (χ0v) is 15.0. The van der Waals surface area contributed by atoms with E-state index in [-0.39, 0.29) is 17.7 Å². The summed E-state index contributed by atoms with van der Waals surface area (Å²) in [4.78, 5) is 29.6. The minimum atomic E-state index is -0.475. The van der Waals surface area contributed by atoms with Crippen LogP contribution in [0.2, 0.25) is 0 Å². The first kappa shape index (κ1) is 17.1. The Morgan fingerprint density at radius 3 is 2.69 bits per heavy atom. The van der Waals surface area contributed by atoms with Gasteiger partial charge in [-0.1, -0.05) is 6.42 Å². The number of likely N-dealkylation sites (tertiary alicyclic amines) is 1. The van der Waals surface area contributed by atoms with Crippen LogP contribution in [0, 0.1) is 0 Å². The second kappa shape index (κ2) is 6.76. The van der Waals surface area contributed by atoms with Crippen molar-refractivity contribution in [2.75, 3.05) is 24.5 Å². The molecule has 3 heterocycles. The molecule has 138 valence electrons. The van der Waals surface area contributed by atoms with E-state index in [2.05, 4.69) is 4.90 Å². The maximum atomic E-state index is 13.2. The standard InChI is InChI=1S/C20H24N2O4/c1-13(21-9-3-2-4-10-21)19(24)22-11-5-6-15-16-12-14(23)7-8-17(16)26-20(25)18(15)22/h7-8,12-13,23H,2-6,9-11H2,1H3. The van der Waals surface area contributed by atoms with Gasteiger partial charge in [0.15, 0.2) is 0 Å². The number of aryl methyl sites for hydroxylation is 1. The average Bonchev–Trinajstić information content (AvgIpc) is 2.68. The molecule has 1 N–H and O–H groups in total. The first-order valence-electron chi connectivity index (χ1n) is 9.40. The van der Waals surface area contributed by atoms with Crippen molar-refractivity contribution in [3.8, 4) is 5.75 Å². The molecule has 4 rings (SSSR count). The summed E-state index contributed by atoms with van der Waals surface area (Å²) in [5.74, 6) is 0.0818. The zero-order valence-electron chi connectivity index (χ0n) is 15.0. The molecule has 0 bridgehead atoms. The SMILES string of the molecule is CC(C(=O)N1CCCc2c1c(=O)oc1ccc(O)cc21)N1CCCCC1. The van der Waals surface area contributed by atoms with Gasteiger partial charge in [0.25, 0.3) is 0 Å². The lowest BCUT2D eigenvalue weighted by Crippen LogP contribution is -2.51. The molecule has 6 heteroatoms. The molecule has 1 aromatic carbocycles. The number of phenols is 1. The largest absolute Gasteiger partial charge is 0.508 e. The summed E-state index contributed by atoms with van der Waals surface area (Å²) in [6, 6.07) is 4.46. The highest BCUT2D eigenvalue weighted by atomic mass is 16.4. The van der Waals surface area contributed by atoms with E-state index in [4.69, 9.17) is 4.42 Å². The van der Waals surface area contributed by atoms with Crippen LogP contribution >= 0.6 is 0 Å². The zero-order chi connectivity index (χ0) is 18.3. The number of hydrogen-bond acceptors (Lipinski definition) is 5. The summed E-state index contributed by atoms with van der Waals surface area (Å²) >= 11 is 0. The van der Waals surface area contributed by atoms with Crippen LogP contribution in [-0.2, 0) is 11.2 Å². The third-order valence-corrected chi connectivity index (χ3v) is 5.61. The van der Waals surface area contributed by atoms with Gasteiger partial charge >= 0.3 is 5.63 Å². The fourth-order valence-electron chi connectivity index (χ4n) is 4.20. The molecule has 0 aliphatic carbocycles. The van der Waals surface area contributed by atoms with E-state index in [1.807, 2.05) is 6.92 Å². The van der Waals surface area contributed by atoms with Crippen LogP contribution in [0.4, 0.5) is 5.69 Å². The Balaban J connectivity index is 1.75. The van der Waals surface area contributed by atoms with Crippen LogP contribution in [0.15, 0.2) is 27.4 Å². The van der Waals surface area contributed by atoms with E-state index in [1.54, 1.807) is 17.0 Å². The maximum Gasteiger partial charge on any atom is 0.360 e. The van der Waals surface area contributed by atoms with Crippen LogP contribution in [0.1, 0.15) is 38.2 Å². The van der Waals surface area contributed by atoms with Gasteiger partial charge in [-0.3, -0.25) is 9.69 Å². The number of phenolic OH excluding ortho intramolecular Hbond substituents is 1. The quantitative estimate of drug-likeness (QED) is 0.838. The molecule has 0 saturated carbocycles. The lowest BCUT2D eigenvalue weighted by Gasteiger charge is -2.36. The molecule has 1 aromatic heterocycles. The molecule has 0 radical (unpaired) electrons. The number of benzene rings is 1.